The van der Waals surface area contributed by atoms with E-state index in [2.05, 4.69) is 55.6 Å². The van der Waals surface area contributed by atoms with Gasteiger partial charge in [-0.2, -0.15) is 0 Å². The lowest BCUT2D eigenvalue weighted by molar-refractivity contribution is -0.870. The van der Waals surface area contributed by atoms with Crippen LogP contribution >= 0.6 is 7.82 Å². The number of nitrogens with zero attached hydrogens (tertiary/aromatic N) is 1. The highest BCUT2D eigenvalue weighted by Gasteiger charge is 2.23. The molecule has 0 bridgehead atoms. The summed E-state index contributed by atoms with van der Waals surface area (Å²) in [6, 6.07) is -0.906. The van der Waals surface area contributed by atoms with E-state index in [-0.39, 0.29) is 12.5 Å². The number of unbranched alkanes of at least 4 members (excludes halogenated alkanes) is 39. The maximum absolute atomic E-state index is 13.0. The predicted molar refractivity (Wildman–Crippen MR) is 316 cm³/mol. The first-order chi connectivity index (χ1) is 35.5. The Bertz CT molecular complexity index is 1330. The monoisotopic (exact) mass is 1050 g/mol. The SMILES string of the molecule is CCCCCCC/C=C\C/C=C\CCCCCCCCCCCCCCCC(=O)NC(COP(=O)([O-])OCC[N+](C)(C)C)C(O)/C=C/CC/C=C/CCCCCCCCCCCCCCCCCCCCCC. The number of amides is 1. The fourth-order valence-corrected chi connectivity index (χ4v) is 10.0. The zero-order chi connectivity index (χ0) is 53.5. The Labute approximate surface area is 454 Å². The minimum absolute atomic E-state index is 0.00651. The van der Waals surface area contributed by atoms with Crippen molar-refractivity contribution in [3.8, 4) is 0 Å². The Morgan fingerprint density at radius 3 is 1.19 bits per heavy atom. The van der Waals surface area contributed by atoms with Crippen molar-refractivity contribution in [3.05, 3.63) is 48.6 Å². The van der Waals surface area contributed by atoms with E-state index >= 15 is 0 Å². The molecular formula is C64H123N2O6P. The number of phosphoric ester groups is 1. The van der Waals surface area contributed by atoms with Crippen molar-refractivity contribution in [1.29, 1.82) is 0 Å². The molecule has 9 heteroatoms. The zero-order valence-electron chi connectivity index (χ0n) is 49.1. The second-order valence-electron chi connectivity index (χ2n) is 22.8. The van der Waals surface area contributed by atoms with Crippen LogP contribution in [0.15, 0.2) is 48.6 Å². The van der Waals surface area contributed by atoms with Crippen LogP contribution < -0.4 is 10.2 Å². The quantitative estimate of drug-likeness (QED) is 0.0272. The molecule has 0 aromatic carbocycles. The number of phosphoric acid groups is 1. The van der Waals surface area contributed by atoms with E-state index in [1.165, 1.54) is 238 Å². The Balaban J connectivity index is 4.19. The first-order valence-corrected chi connectivity index (χ1v) is 33.0. The Morgan fingerprint density at radius 1 is 0.479 bits per heavy atom. The van der Waals surface area contributed by atoms with Crippen molar-refractivity contribution in [2.75, 3.05) is 40.9 Å². The molecule has 0 rings (SSSR count). The van der Waals surface area contributed by atoms with E-state index in [0.717, 1.165) is 44.9 Å². The van der Waals surface area contributed by atoms with E-state index in [9.17, 15) is 19.4 Å². The smallest absolute Gasteiger partial charge is 0.268 e. The van der Waals surface area contributed by atoms with Crippen LogP contribution in [-0.4, -0.2) is 68.5 Å². The van der Waals surface area contributed by atoms with Gasteiger partial charge in [-0.3, -0.25) is 9.36 Å². The van der Waals surface area contributed by atoms with Crippen LogP contribution in [0.5, 0.6) is 0 Å². The molecule has 3 unspecified atom stereocenters. The Hall–Kier alpha value is -1.54. The van der Waals surface area contributed by atoms with Gasteiger partial charge in [-0.1, -0.05) is 281 Å². The van der Waals surface area contributed by atoms with Crippen LogP contribution in [0.25, 0.3) is 0 Å². The van der Waals surface area contributed by atoms with Crippen LogP contribution in [0.3, 0.4) is 0 Å². The number of carbonyl (C=O) groups is 1. The topological polar surface area (TPSA) is 108 Å². The molecule has 1 amide bonds. The van der Waals surface area contributed by atoms with Gasteiger partial charge in [-0.05, 0) is 64.2 Å². The molecule has 73 heavy (non-hydrogen) atoms. The summed E-state index contributed by atoms with van der Waals surface area (Å²) < 4.78 is 23.4. The zero-order valence-corrected chi connectivity index (χ0v) is 50.0. The maximum Gasteiger partial charge on any atom is 0.268 e. The molecule has 0 aliphatic heterocycles. The van der Waals surface area contributed by atoms with E-state index in [4.69, 9.17) is 9.05 Å². The largest absolute Gasteiger partial charge is 0.756 e. The van der Waals surface area contributed by atoms with Crippen molar-refractivity contribution >= 4 is 13.7 Å². The minimum Gasteiger partial charge on any atom is -0.756 e. The minimum atomic E-state index is -4.61. The number of hydrogen-bond donors (Lipinski definition) is 2. The number of allylic oxidation sites excluding steroid dienone is 7. The van der Waals surface area contributed by atoms with E-state index in [1.54, 1.807) is 6.08 Å². The number of hydrogen-bond acceptors (Lipinski definition) is 6. The molecule has 0 radical (unpaired) electrons. The number of aliphatic hydroxyl groups excluding tert-OH is 1. The summed E-state index contributed by atoms with van der Waals surface area (Å²) in [5.41, 5.74) is 0. The lowest BCUT2D eigenvalue weighted by atomic mass is 10.0. The Kier molecular flexibility index (Phi) is 54.1. The van der Waals surface area contributed by atoms with Crippen molar-refractivity contribution in [2.45, 2.75) is 315 Å². The van der Waals surface area contributed by atoms with Gasteiger partial charge in [0.05, 0.1) is 39.9 Å². The van der Waals surface area contributed by atoms with Crippen molar-refractivity contribution < 1.29 is 32.9 Å². The van der Waals surface area contributed by atoms with Gasteiger partial charge in [-0.25, -0.2) is 0 Å². The Morgan fingerprint density at radius 2 is 0.808 bits per heavy atom. The summed E-state index contributed by atoms with van der Waals surface area (Å²) >= 11 is 0. The van der Waals surface area contributed by atoms with E-state index < -0.39 is 26.6 Å². The number of aliphatic hydroxyl groups is 1. The maximum atomic E-state index is 13.0. The number of rotatable bonds is 58. The average Bonchev–Trinajstić information content (AvgIpc) is 3.35. The van der Waals surface area contributed by atoms with Gasteiger partial charge >= 0.3 is 0 Å². The summed E-state index contributed by atoms with van der Waals surface area (Å²) in [7, 11) is 1.25. The highest BCUT2D eigenvalue weighted by Crippen LogP contribution is 2.38. The van der Waals surface area contributed by atoms with Crippen LogP contribution in [0.4, 0.5) is 0 Å². The highest BCUT2D eigenvalue weighted by molar-refractivity contribution is 7.45. The molecule has 0 spiro atoms. The summed E-state index contributed by atoms with van der Waals surface area (Å²) in [6.07, 6.45) is 73.5. The molecule has 0 aliphatic rings. The number of quaternary nitrogens is 1. The molecule has 3 atom stereocenters. The molecule has 430 valence electrons. The third-order valence-electron chi connectivity index (χ3n) is 14.3. The normalized spacial score (nSPS) is 14.1. The average molecular weight is 1050 g/mol. The number of nitrogens with one attached hydrogen (secondary N) is 1. The van der Waals surface area contributed by atoms with Crippen LogP contribution in [0, 0.1) is 0 Å². The van der Waals surface area contributed by atoms with Gasteiger partial charge in [0, 0.05) is 6.42 Å². The molecule has 0 saturated carbocycles. The number of likely N-dealkylation sites (N-methyl/N-ethyl adjacent to an activating group) is 1. The second-order valence-corrected chi connectivity index (χ2v) is 24.2. The van der Waals surface area contributed by atoms with Gasteiger partial charge in [0.2, 0.25) is 5.91 Å². The summed E-state index contributed by atoms with van der Waals surface area (Å²) in [5.74, 6) is -0.205. The molecule has 0 fully saturated rings. The standard InChI is InChI=1S/C64H123N2O6P/c1-6-8-10-12-14-16-18-20-22-24-26-28-30-32-34-35-37-39-41-43-45-47-49-51-53-55-57-63(67)62(61-72-73(69,70)71-60-59-66(3,4)5)65-64(68)58-56-54-52-50-48-46-44-42-40-38-36-33-31-29-27-25-23-21-19-17-15-13-11-9-7-2/h19,21,25,27,47,49,55,57,62-63,67H,6-18,20,22-24,26,28-46,48,50-54,56,58-61H2,1-5H3,(H-,65,68,69,70)/b21-19-,27-25-,49-47+,57-55+. The molecule has 8 nitrogen and oxygen atoms in total. The van der Waals surface area contributed by atoms with Gasteiger partial charge in [0.1, 0.15) is 13.2 Å². The lowest BCUT2D eigenvalue weighted by Gasteiger charge is -2.29. The predicted octanol–water partition coefficient (Wildman–Crippen LogP) is 18.9. The first-order valence-electron chi connectivity index (χ1n) is 31.5. The van der Waals surface area contributed by atoms with Gasteiger partial charge < -0.3 is 28.8 Å². The summed E-state index contributed by atoms with van der Waals surface area (Å²) in [4.78, 5) is 25.6. The third-order valence-corrected chi connectivity index (χ3v) is 15.2. The summed E-state index contributed by atoms with van der Waals surface area (Å²) in [6.45, 7) is 4.66. The molecule has 0 aromatic heterocycles. The lowest BCUT2D eigenvalue weighted by Crippen LogP contribution is -2.45. The van der Waals surface area contributed by atoms with Crippen molar-refractivity contribution in [1.82, 2.24) is 5.32 Å². The molecular weight excluding hydrogens is 924 g/mol. The van der Waals surface area contributed by atoms with Crippen molar-refractivity contribution in [2.24, 2.45) is 0 Å². The van der Waals surface area contributed by atoms with Gasteiger partial charge in [0.15, 0.2) is 0 Å². The summed E-state index contributed by atoms with van der Waals surface area (Å²) in [5, 5.41) is 13.9. The second kappa shape index (κ2) is 55.2. The van der Waals surface area contributed by atoms with Crippen LogP contribution in [0.2, 0.25) is 0 Å². The van der Waals surface area contributed by atoms with E-state index in [1.807, 2.05) is 27.2 Å². The van der Waals surface area contributed by atoms with E-state index in [0.29, 0.717) is 17.4 Å². The molecule has 2 N–H and O–H groups in total. The fourth-order valence-electron chi connectivity index (χ4n) is 9.32. The van der Waals surface area contributed by atoms with Crippen LogP contribution in [-0.2, 0) is 18.4 Å². The third kappa shape index (κ3) is 58.0. The molecule has 0 saturated heterocycles. The van der Waals surface area contributed by atoms with Gasteiger partial charge in [0.25, 0.3) is 7.82 Å². The first kappa shape index (κ1) is 71.5. The van der Waals surface area contributed by atoms with Crippen LogP contribution in [0.1, 0.15) is 303 Å². The number of carbonyl (C=O) groups excluding carboxylic acids is 1. The molecule has 0 aliphatic carbocycles. The molecule has 0 aromatic rings. The fraction of sp³-hybridized carbons (Fsp3) is 0.859. The molecule has 0 heterocycles. The van der Waals surface area contributed by atoms with Gasteiger partial charge in [-0.15, -0.1) is 0 Å². The van der Waals surface area contributed by atoms with Crippen molar-refractivity contribution in [3.63, 3.8) is 0 Å². The highest BCUT2D eigenvalue weighted by atomic mass is 31.2.